The summed E-state index contributed by atoms with van der Waals surface area (Å²) < 4.78 is 5.54. The van der Waals surface area contributed by atoms with Crippen molar-refractivity contribution >= 4 is 12.1 Å². The van der Waals surface area contributed by atoms with E-state index < -0.39 is 12.1 Å². The molecule has 0 aromatic rings. The number of nitrogens with one attached hydrogen (secondary N) is 2. The largest absolute Gasteiger partial charge is 0.449 e. The number of ether oxygens (including phenoxy) is 1. The van der Waals surface area contributed by atoms with Crippen molar-refractivity contribution in [2.24, 2.45) is 0 Å². The number of amides is 3. The summed E-state index contributed by atoms with van der Waals surface area (Å²) in [5.41, 5.74) is 0. The van der Waals surface area contributed by atoms with Gasteiger partial charge in [-0.2, -0.15) is 0 Å². The van der Waals surface area contributed by atoms with Crippen LogP contribution in [0, 0.1) is 0 Å². The van der Waals surface area contributed by atoms with Crippen molar-refractivity contribution in [3.63, 3.8) is 0 Å². The molecule has 0 bridgehead atoms. The summed E-state index contributed by atoms with van der Waals surface area (Å²) in [6.45, 7) is 3.64. The quantitative estimate of drug-likeness (QED) is 0.541. The van der Waals surface area contributed by atoms with Gasteiger partial charge in [0.25, 0.3) is 0 Å². The third-order valence-electron chi connectivity index (χ3n) is 2.01. The van der Waals surface area contributed by atoms with Gasteiger partial charge in [-0.15, -0.1) is 0 Å². The first-order valence-corrected chi connectivity index (χ1v) is 5.87. The van der Waals surface area contributed by atoms with Gasteiger partial charge in [0.2, 0.25) is 0 Å². The number of carbonyl (C=O) groups is 2. The molecule has 3 amide bonds. The van der Waals surface area contributed by atoms with Crippen LogP contribution < -0.4 is 10.6 Å². The maximum atomic E-state index is 11.2. The Hall–Kier alpha value is -1.30. The minimum atomic E-state index is -0.693. The second kappa shape index (κ2) is 7.89. The fraction of sp³-hybridized carbons (Fsp3) is 0.818. The molecule has 0 fully saturated rings. The Morgan fingerprint density at radius 1 is 1.24 bits per heavy atom. The number of quaternary nitrogens is 1. The third-order valence-corrected chi connectivity index (χ3v) is 2.01. The number of carbonyl (C=O) groups excluding carboxylic acids is 2. The Balaban J connectivity index is 3.61. The molecule has 0 saturated heterocycles. The van der Waals surface area contributed by atoms with Crippen LogP contribution in [0.1, 0.15) is 19.8 Å². The monoisotopic (exact) mass is 246 g/mol. The van der Waals surface area contributed by atoms with E-state index in [2.05, 4.69) is 10.6 Å². The van der Waals surface area contributed by atoms with E-state index in [1.807, 2.05) is 28.1 Å². The SMILES string of the molecule is CCCCOC(=O)NC(=O)NCC[N+](C)(C)C. The van der Waals surface area contributed by atoms with Crippen molar-refractivity contribution in [2.75, 3.05) is 40.8 Å². The van der Waals surface area contributed by atoms with Crippen molar-refractivity contribution in [3.8, 4) is 0 Å². The van der Waals surface area contributed by atoms with E-state index in [0.29, 0.717) is 13.2 Å². The van der Waals surface area contributed by atoms with E-state index in [0.717, 1.165) is 23.9 Å². The van der Waals surface area contributed by atoms with Crippen LogP contribution in [0.25, 0.3) is 0 Å². The van der Waals surface area contributed by atoms with E-state index in [4.69, 9.17) is 4.74 Å². The number of unbranched alkanes of at least 4 members (excludes halogenated alkanes) is 1. The molecule has 0 aliphatic heterocycles. The summed E-state index contributed by atoms with van der Waals surface area (Å²) in [6, 6.07) is -0.514. The highest BCUT2D eigenvalue weighted by Gasteiger charge is 2.10. The molecule has 0 spiro atoms. The molecule has 0 saturated carbocycles. The fourth-order valence-corrected chi connectivity index (χ4v) is 0.987. The third kappa shape index (κ3) is 11.0. The highest BCUT2D eigenvalue weighted by atomic mass is 16.5. The summed E-state index contributed by atoms with van der Waals surface area (Å²) in [5, 5.41) is 4.70. The zero-order valence-electron chi connectivity index (χ0n) is 11.2. The molecule has 0 aliphatic carbocycles. The minimum absolute atomic E-state index is 0.342. The molecule has 2 N–H and O–H groups in total. The lowest BCUT2D eigenvalue weighted by Gasteiger charge is -2.23. The molecule has 0 rings (SSSR count). The molecule has 0 atom stereocenters. The summed E-state index contributed by atoms with van der Waals surface area (Å²) >= 11 is 0. The van der Waals surface area contributed by atoms with Crippen molar-refractivity contribution in [3.05, 3.63) is 0 Å². The minimum Gasteiger partial charge on any atom is -0.449 e. The number of imide groups is 1. The number of alkyl carbamates (subject to hydrolysis) is 1. The van der Waals surface area contributed by atoms with Gasteiger partial charge in [-0.3, -0.25) is 0 Å². The molecular formula is C11H24N3O3+. The lowest BCUT2D eigenvalue weighted by atomic mass is 10.4. The molecule has 0 aliphatic rings. The maximum absolute atomic E-state index is 11.2. The molecular weight excluding hydrogens is 222 g/mol. The van der Waals surface area contributed by atoms with Crippen LogP contribution >= 0.6 is 0 Å². The van der Waals surface area contributed by atoms with E-state index >= 15 is 0 Å². The normalized spacial score (nSPS) is 10.8. The van der Waals surface area contributed by atoms with Crippen LogP contribution in [0.15, 0.2) is 0 Å². The first kappa shape index (κ1) is 15.7. The van der Waals surface area contributed by atoms with E-state index in [1.54, 1.807) is 0 Å². The van der Waals surface area contributed by atoms with Crippen LogP contribution in [0.3, 0.4) is 0 Å². The standard InChI is InChI=1S/C11H23N3O3/c1-5-6-9-17-11(16)13-10(15)12-7-8-14(2,3)4/h5-9H2,1-4H3,(H-,12,13,15,16)/p+1. The molecule has 100 valence electrons. The van der Waals surface area contributed by atoms with E-state index in [9.17, 15) is 9.59 Å². The smallest absolute Gasteiger partial charge is 0.415 e. The Morgan fingerprint density at radius 3 is 2.41 bits per heavy atom. The molecule has 6 nitrogen and oxygen atoms in total. The zero-order chi connectivity index (χ0) is 13.3. The molecule has 0 radical (unpaired) electrons. The topological polar surface area (TPSA) is 67.4 Å². The second-order valence-corrected chi connectivity index (χ2v) is 4.88. The van der Waals surface area contributed by atoms with Crippen LogP contribution in [0.4, 0.5) is 9.59 Å². The lowest BCUT2D eigenvalue weighted by Crippen LogP contribution is -2.46. The van der Waals surface area contributed by atoms with Gasteiger partial charge in [-0.05, 0) is 6.42 Å². The van der Waals surface area contributed by atoms with Crippen LogP contribution in [-0.4, -0.2) is 57.4 Å². The lowest BCUT2D eigenvalue weighted by molar-refractivity contribution is -0.869. The Morgan fingerprint density at radius 2 is 1.88 bits per heavy atom. The molecule has 0 unspecified atom stereocenters. The predicted octanol–water partition coefficient (Wildman–Crippen LogP) is 0.928. The van der Waals surface area contributed by atoms with Gasteiger partial charge in [0.1, 0.15) is 0 Å². The first-order valence-electron chi connectivity index (χ1n) is 5.87. The van der Waals surface area contributed by atoms with Crippen molar-refractivity contribution < 1.29 is 18.8 Å². The number of hydrogen-bond acceptors (Lipinski definition) is 3. The Kier molecular flexibility index (Phi) is 7.29. The van der Waals surface area contributed by atoms with Crippen LogP contribution in [-0.2, 0) is 4.74 Å². The van der Waals surface area contributed by atoms with Gasteiger partial charge in [-0.1, -0.05) is 13.3 Å². The van der Waals surface area contributed by atoms with Crippen LogP contribution in [0.2, 0.25) is 0 Å². The van der Waals surface area contributed by atoms with Gasteiger partial charge < -0.3 is 14.5 Å². The highest BCUT2D eigenvalue weighted by molar-refractivity contribution is 5.90. The predicted molar refractivity (Wildman–Crippen MR) is 65.7 cm³/mol. The summed E-state index contributed by atoms with van der Waals surface area (Å²) in [7, 11) is 6.08. The first-order chi connectivity index (χ1) is 7.85. The summed E-state index contributed by atoms with van der Waals surface area (Å²) in [5.74, 6) is 0. The Bertz CT molecular complexity index is 249. The van der Waals surface area contributed by atoms with E-state index in [-0.39, 0.29) is 0 Å². The summed E-state index contributed by atoms with van der Waals surface area (Å²) in [4.78, 5) is 22.3. The number of likely N-dealkylation sites (N-methyl/N-ethyl adjacent to an activating group) is 1. The number of hydrogen-bond donors (Lipinski definition) is 2. The molecule has 17 heavy (non-hydrogen) atoms. The Labute approximate surface area is 103 Å². The molecule has 0 aromatic heterocycles. The van der Waals surface area contributed by atoms with Gasteiger partial charge in [0.15, 0.2) is 0 Å². The maximum Gasteiger partial charge on any atom is 0.415 e. The van der Waals surface area contributed by atoms with Crippen LogP contribution in [0.5, 0.6) is 0 Å². The summed E-state index contributed by atoms with van der Waals surface area (Å²) in [6.07, 6.45) is 1.06. The van der Waals surface area contributed by atoms with Gasteiger partial charge in [0, 0.05) is 0 Å². The number of nitrogens with zero attached hydrogens (tertiary/aromatic N) is 1. The van der Waals surface area contributed by atoms with Gasteiger partial charge >= 0.3 is 12.1 Å². The van der Waals surface area contributed by atoms with Gasteiger partial charge in [0.05, 0.1) is 40.8 Å². The average Bonchev–Trinajstić information content (AvgIpc) is 2.15. The van der Waals surface area contributed by atoms with Gasteiger partial charge in [-0.25, -0.2) is 14.9 Å². The number of rotatable bonds is 6. The highest BCUT2D eigenvalue weighted by Crippen LogP contribution is 1.89. The fourth-order valence-electron chi connectivity index (χ4n) is 0.987. The molecule has 0 heterocycles. The van der Waals surface area contributed by atoms with E-state index in [1.165, 1.54) is 0 Å². The average molecular weight is 246 g/mol. The second-order valence-electron chi connectivity index (χ2n) is 4.88. The number of urea groups is 1. The van der Waals surface area contributed by atoms with Crippen molar-refractivity contribution in [1.29, 1.82) is 0 Å². The van der Waals surface area contributed by atoms with Crippen molar-refractivity contribution in [2.45, 2.75) is 19.8 Å². The molecule has 6 heteroatoms. The zero-order valence-corrected chi connectivity index (χ0v) is 11.2. The molecule has 0 aromatic carbocycles. The van der Waals surface area contributed by atoms with Crippen molar-refractivity contribution in [1.82, 2.24) is 10.6 Å².